The van der Waals surface area contributed by atoms with Gasteiger partial charge in [0.25, 0.3) is 0 Å². The molecular formula is C15H19N. The lowest BCUT2D eigenvalue weighted by molar-refractivity contribution is 0.227. The number of nitrogens with zero attached hydrogens (tertiary/aromatic N) is 1. The summed E-state index contributed by atoms with van der Waals surface area (Å²) >= 11 is 0. The van der Waals surface area contributed by atoms with Crippen molar-refractivity contribution in [2.24, 2.45) is 0 Å². The fourth-order valence-electron chi connectivity index (χ4n) is 2.06. The highest BCUT2D eigenvalue weighted by Crippen LogP contribution is 2.27. The predicted molar refractivity (Wildman–Crippen MR) is 69.2 cm³/mol. The number of hydrogen-bond donors (Lipinski definition) is 0. The molecule has 1 unspecified atom stereocenters. The Hall–Kier alpha value is -1.50. The third-order valence-electron chi connectivity index (χ3n) is 3.38. The Morgan fingerprint density at radius 2 is 2.06 bits per heavy atom. The molecule has 0 aliphatic carbocycles. The smallest absolute Gasteiger partial charge is 0.0489 e. The monoisotopic (exact) mass is 213 g/mol. The number of rotatable bonds is 4. The number of hydrogen-bond acceptors (Lipinski definition) is 1. The molecule has 0 spiro atoms. The van der Waals surface area contributed by atoms with E-state index < -0.39 is 0 Å². The Kier molecular flexibility index (Phi) is 3.14. The summed E-state index contributed by atoms with van der Waals surface area (Å²) in [6.07, 6.45) is 2.12. The van der Waals surface area contributed by atoms with Crippen LogP contribution in [0.3, 0.4) is 0 Å². The molecule has 0 saturated carbocycles. The van der Waals surface area contributed by atoms with Crippen LogP contribution in [0.1, 0.15) is 18.9 Å². The number of likely N-dealkylation sites (tertiary alicyclic amines) is 1. The normalized spacial score (nSPS) is 19.4. The Morgan fingerprint density at radius 1 is 1.38 bits per heavy atom. The molecule has 1 heterocycles. The van der Waals surface area contributed by atoms with Crippen molar-refractivity contribution in [1.82, 2.24) is 4.90 Å². The summed E-state index contributed by atoms with van der Waals surface area (Å²) < 4.78 is 0. The zero-order valence-corrected chi connectivity index (χ0v) is 9.95. The maximum atomic E-state index is 4.16. The second kappa shape index (κ2) is 4.56. The molecule has 1 aliphatic heterocycles. The van der Waals surface area contributed by atoms with Crippen molar-refractivity contribution in [3.63, 3.8) is 0 Å². The average Bonchev–Trinajstić information content (AvgIpc) is 2.33. The first-order valence-electron chi connectivity index (χ1n) is 5.84. The summed E-state index contributed by atoms with van der Waals surface area (Å²) in [5, 5.41) is 0. The second-order valence-corrected chi connectivity index (χ2v) is 4.51. The Balaban J connectivity index is 1.83. The zero-order valence-electron chi connectivity index (χ0n) is 9.95. The number of aryl methyl sites for hydroxylation is 1. The standard InChI is InChI=1S/C15H19N/c1-12-11-16(14(12)3)13(2)9-10-15-7-5-4-6-8-15/h4-8,14H,1-2,9-11H2,3H3. The summed E-state index contributed by atoms with van der Waals surface area (Å²) in [6, 6.07) is 11.1. The van der Waals surface area contributed by atoms with E-state index in [1.807, 2.05) is 0 Å². The number of allylic oxidation sites excluding steroid dienone is 1. The highest BCUT2D eigenvalue weighted by molar-refractivity contribution is 5.23. The topological polar surface area (TPSA) is 3.24 Å². The van der Waals surface area contributed by atoms with Gasteiger partial charge >= 0.3 is 0 Å². The lowest BCUT2D eigenvalue weighted by Gasteiger charge is -2.44. The number of benzene rings is 1. The molecule has 1 aliphatic rings. The Bertz CT molecular complexity index is 391. The first kappa shape index (κ1) is 11.0. The van der Waals surface area contributed by atoms with Gasteiger partial charge in [0, 0.05) is 18.3 Å². The molecule has 1 heteroatoms. The molecule has 84 valence electrons. The van der Waals surface area contributed by atoms with Crippen LogP contribution < -0.4 is 0 Å². The van der Waals surface area contributed by atoms with Gasteiger partial charge in [0.15, 0.2) is 0 Å². The van der Waals surface area contributed by atoms with Gasteiger partial charge in [0.1, 0.15) is 0 Å². The zero-order chi connectivity index (χ0) is 11.5. The van der Waals surface area contributed by atoms with E-state index in [9.17, 15) is 0 Å². The molecule has 0 N–H and O–H groups in total. The average molecular weight is 213 g/mol. The third-order valence-corrected chi connectivity index (χ3v) is 3.38. The first-order valence-corrected chi connectivity index (χ1v) is 5.84. The molecule has 0 bridgehead atoms. The summed E-state index contributed by atoms with van der Waals surface area (Å²) in [7, 11) is 0. The van der Waals surface area contributed by atoms with Crippen LogP contribution in [0, 0.1) is 0 Å². The van der Waals surface area contributed by atoms with Crippen LogP contribution >= 0.6 is 0 Å². The van der Waals surface area contributed by atoms with Gasteiger partial charge in [-0.1, -0.05) is 43.5 Å². The van der Waals surface area contributed by atoms with Gasteiger partial charge in [0.05, 0.1) is 0 Å². The molecule has 1 fully saturated rings. The molecule has 16 heavy (non-hydrogen) atoms. The molecule has 2 rings (SSSR count). The molecule has 0 amide bonds. The second-order valence-electron chi connectivity index (χ2n) is 4.51. The molecule has 1 nitrogen and oxygen atoms in total. The minimum absolute atomic E-state index is 0.489. The lowest BCUT2D eigenvalue weighted by Crippen LogP contribution is -2.46. The molecule has 1 aromatic carbocycles. The third kappa shape index (κ3) is 2.19. The van der Waals surface area contributed by atoms with Gasteiger partial charge in [-0.15, -0.1) is 0 Å². The van der Waals surface area contributed by atoms with Crippen LogP contribution in [0.25, 0.3) is 0 Å². The van der Waals surface area contributed by atoms with E-state index in [0.717, 1.165) is 19.4 Å². The molecule has 1 saturated heterocycles. The van der Waals surface area contributed by atoms with E-state index in [1.54, 1.807) is 0 Å². The van der Waals surface area contributed by atoms with E-state index in [0.29, 0.717) is 6.04 Å². The van der Waals surface area contributed by atoms with Crippen molar-refractivity contribution >= 4 is 0 Å². The fraction of sp³-hybridized carbons (Fsp3) is 0.333. The van der Waals surface area contributed by atoms with Gasteiger partial charge in [-0.25, -0.2) is 0 Å². The molecule has 0 radical (unpaired) electrons. The molecular weight excluding hydrogens is 194 g/mol. The van der Waals surface area contributed by atoms with Crippen molar-refractivity contribution in [2.45, 2.75) is 25.8 Å². The largest absolute Gasteiger partial charge is 0.365 e. The van der Waals surface area contributed by atoms with E-state index in [4.69, 9.17) is 0 Å². The van der Waals surface area contributed by atoms with Crippen LogP contribution in [0.15, 0.2) is 54.8 Å². The predicted octanol–water partition coefficient (Wildman–Crippen LogP) is 3.39. The quantitative estimate of drug-likeness (QED) is 0.693. The molecule has 1 atom stereocenters. The van der Waals surface area contributed by atoms with Crippen LogP contribution in [0.4, 0.5) is 0 Å². The molecule has 1 aromatic rings. The minimum atomic E-state index is 0.489. The van der Waals surface area contributed by atoms with Crippen molar-refractivity contribution in [1.29, 1.82) is 0 Å². The van der Waals surface area contributed by atoms with E-state index in [-0.39, 0.29) is 0 Å². The van der Waals surface area contributed by atoms with Gasteiger partial charge in [0.2, 0.25) is 0 Å². The van der Waals surface area contributed by atoms with Crippen molar-refractivity contribution < 1.29 is 0 Å². The van der Waals surface area contributed by atoms with Gasteiger partial charge < -0.3 is 4.90 Å². The SMILES string of the molecule is C=C1CN(C(=C)CCc2ccccc2)C1C. The fourth-order valence-corrected chi connectivity index (χ4v) is 2.06. The minimum Gasteiger partial charge on any atom is -0.365 e. The summed E-state index contributed by atoms with van der Waals surface area (Å²) in [5.74, 6) is 0. The first-order chi connectivity index (χ1) is 7.68. The van der Waals surface area contributed by atoms with Gasteiger partial charge in [-0.2, -0.15) is 0 Å². The van der Waals surface area contributed by atoms with E-state index in [2.05, 4.69) is 55.3 Å². The molecule has 0 aromatic heterocycles. The van der Waals surface area contributed by atoms with E-state index in [1.165, 1.54) is 16.8 Å². The summed E-state index contributed by atoms with van der Waals surface area (Å²) in [4.78, 5) is 2.34. The van der Waals surface area contributed by atoms with Gasteiger partial charge in [-0.05, 0) is 30.9 Å². The maximum Gasteiger partial charge on any atom is 0.0489 e. The van der Waals surface area contributed by atoms with E-state index >= 15 is 0 Å². The lowest BCUT2D eigenvalue weighted by atomic mass is 9.97. The van der Waals surface area contributed by atoms with Crippen LogP contribution in [0.2, 0.25) is 0 Å². The maximum absolute atomic E-state index is 4.16. The van der Waals surface area contributed by atoms with Crippen molar-refractivity contribution in [3.05, 3.63) is 60.3 Å². The van der Waals surface area contributed by atoms with Crippen molar-refractivity contribution in [3.8, 4) is 0 Å². The summed E-state index contributed by atoms with van der Waals surface area (Å²) in [5.41, 5.74) is 3.94. The van der Waals surface area contributed by atoms with Crippen molar-refractivity contribution in [2.75, 3.05) is 6.54 Å². The highest BCUT2D eigenvalue weighted by atomic mass is 15.2. The van der Waals surface area contributed by atoms with Crippen LogP contribution in [-0.4, -0.2) is 17.5 Å². The van der Waals surface area contributed by atoms with Crippen LogP contribution in [0.5, 0.6) is 0 Å². The summed E-state index contributed by atoms with van der Waals surface area (Å²) in [6.45, 7) is 11.4. The Morgan fingerprint density at radius 3 is 2.62 bits per heavy atom. The highest BCUT2D eigenvalue weighted by Gasteiger charge is 2.27. The van der Waals surface area contributed by atoms with Crippen LogP contribution in [-0.2, 0) is 6.42 Å². The Labute approximate surface area is 98.1 Å². The van der Waals surface area contributed by atoms with Gasteiger partial charge in [-0.3, -0.25) is 0 Å².